The van der Waals surface area contributed by atoms with Gasteiger partial charge >= 0.3 is 5.97 Å². The SMILES string of the molecule is CC(Cc1nnc(C(C)C)o1)C(=O)O. The molecule has 1 atom stereocenters. The van der Waals surface area contributed by atoms with E-state index in [4.69, 9.17) is 9.52 Å². The normalized spacial score (nSPS) is 13.1. The molecule has 5 heteroatoms. The van der Waals surface area contributed by atoms with Gasteiger partial charge in [0.2, 0.25) is 11.8 Å². The van der Waals surface area contributed by atoms with Gasteiger partial charge in [0.25, 0.3) is 0 Å². The van der Waals surface area contributed by atoms with Gasteiger partial charge in [-0.15, -0.1) is 10.2 Å². The van der Waals surface area contributed by atoms with Crippen LogP contribution in [0.25, 0.3) is 0 Å². The second-order valence-electron chi connectivity index (χ2n) is 3.63. The van der Waals surface area contributed by atoms with E-state index in [1.165, 1.54) is 0 Å². The van der Waals surface area contributed by atoms with Crippen LogP contribution < -0.4 is 0 Å². The Balaban J connectivity index is 2.64. The maximum atomic E-state index is 10.6. The van der Waals surface area contributed by atoms with Crippen LogP contribution >= 0.6 is 0 Å². The highest BCUT2D eigenvalue weighted by Gasteiger charge is 2.16. The first-order chi connectivity index (χ1) is 6.50. The van der Waals surface area contributed by atoms with Crippen molar-refractivity contribution in [3.05, 3.63) is 11.8 Å². The third kappa shape index (κ3) is 2.55. The Morgan fingerprint density at radius 2 is 2.07 bits per heavy atom. The summed E-state index contributed by atoms with van der Waals surface area (Å²) in [5.41, 5.74) is 0. The molecule has 0 saturated carbocycles. The lowest BCUT2D eigenvalue weighted by Gasteiger charge is -2.00. The van der Waals surface area contributed by atoms with Crippen LogP contribution in [-0.2, 0) is 11.2 Å². The zero-order valence-electron chi connectivity index (χ0n) is 8.52. The zero-order chi connectivity index (χ0) is 10.7. The van der Waals surface area contributed by atoms with Gasteiger partial charge < -0.3 is 9.52 Å². The van der Waals surface area contributed by atoms with Crippen molar-refractivity contribution in [3.63, 3.8) is 0 Å². The Morgan fingerprint density at radius 3 is 2.50 bits per heavy atom. The van der Waals surface area contributed by atoms with E-state index in [1.807, 2.05) is 13.8 Å². The van der Waals surface area contributed by atoms with Crippen molar-refractivity contribution < 1.29 is 14.3 Å². The van der Waals surface area contributed by atoms with Crippen LogP contribution in [0.1, 0.15) is 38.5 Å². The van der Waals surface area contributed by atoms with E-state index in [1.54, 1.807) is 6.92 Å². The van der Waals surface area contributed by atoms with Crippen molar-refractivity contribution in [1.29, 1.82) is 0 Å². The van der Waals surface area contributed by atoms with E-state index in [0.717, 1.165) is 0 Å². The van der Waals surface area contributed by atoms with Crippen LogP contribution in [0.5, 0.6) is 0 Å². The summed E-state index contributed by atoms with van der Waals surface area (Å²) >= 11 is 0. The topological polar surface area (TPSA) is 76.2 Å². The molecule has 78 valence electrons. The van der Waals surface area contributed by atoms with Crippen molar-refractivity contribution in [3.8, 4) is 0 Å². The van der Waals surface area contributed by atoms with E-state index in [2.05, 4.69) is 10.2 Å². The molecular weight excluding hydrogens is 184 g/mol. The minimum absolute atomic E-state index is 0.177. The van der Waals surface area contributed by atoms with Crippen molar-refractivity contribution in [2.45, 2.75) is 33.1 Å². The Labute approximate surface area is 82.1 Å². The predicted molar refractivity (Wildman–Crippen MR) is 48.9 cm³/mol. The van der Waals surface area contributed by atoms with Crippen molar-refractivity contribution >= 4 is 5.97 Å². The number of nitrogens with zero attached hydrogens (tertiary/aromatic N) is 2. The first-order valence-electron chi connectivity index (χ1n) is 4.55. The van der Waals surface area contributed by atoms with E-state index in [-0.39, 0.29) is 12.3 Å². The largest absolute Gasteiger partial charge is 0.481 e. The Kier molecular flexibility index (Phi) is 3.22. The molecule has 0 bridgehead atoms. The van der Waals surface area contributed by atoms with Crippen LogP contribution in [0.4, 0.5) is 0 Å². The number of rotatable bonds is 4. The first kappa shape index (κ1) is 10.7. The fraction of sp³-hybridized carbons (Fsp3) is 0.667. The molecule has 1 aromatic heterocycles. The second kappa shape index (κ2) is 4.21. The molecule has 14 heavy (non-hydrogen) atoms. The van der Waals surface area contributed by atoms with Gasteiger partial charge in [-0.3, -0.25) is 4.79 Å². The monoisotopic (exact) mass is 198 g/mol. The zero-order valence-corrected chi connectivity index (χ0v) is 8.52. The van der Waals surface area contributed by atoms with Crippen LogP contribution in [0.15, 0.2) is 4.42 Å². The van der Waals surface area contributed by atoms with Gasteiger partial charge in [0, 0.05) is 12.3 Å². The van der Waals surface area contributed by atoms with Gasteiger partial charge in [-0.05, 0) is 0 Å². The highest BCUT2D eigenvalue weighted by molar-refractivity contribution is 5.69. The standard InChI is InChI=1S/C9H14N2O3/c1-5(2)8-11-10-7(14-8)4-6(3)9(12)13/h5-6H,4H2,1-3H3,(H,12,13). The van der Waals surface area contributed by atoms with Gasteiger partial charge in [-0.1, -0.05) is 20.8 Å². The summed E-state index contributed by atoms with van der Waals surface area (Å²) in [6, 6.07) is 0. The molecule has 1 aromatic rings. The number of hydrogen-bond donors (Lipinski definition) is 1. The van der Waals surface area contributed by atoms with Gasteiger partial charge in [0.1, 0.15) is 0 Å². The number of carboxylic acids is 1. The molecular formula is C9H14N2O3. The summed E-state index contributed by atoms with van der Waals surface area (Å²) in [6.45, 7) is 5.50. The number of carboxylic acid groups (broad SMARTS) is 1. The van der Waals surface area contributed by atoms with Crippen molar-refractivity contribution in [1.82, 2.24) is 10.2 Å². The molecule has 0 aliphatic carbocycles. The molecule has 5 nitrogen and oxygen atoms in total. The van der Waals surface area contributed by atoms with Gasteiger partial charge in [-0.25, -0.2) is 0 Å². The lowest BCUT2D eigenvalue weighted by Crippen LogP contribution is -2.12. The molecule has 1 N–H and O–H groups in total. The quantitative estimate of drug-likeness (QED) is 0.792. The maximum Gasteiger partial charge on any atom is 0.306 e. The average molecular weight is 198 g/mol. The lowest BCUT2D eigenvalue weighted by atomic mass is 10.1. The summed E-state index contributed by atoms with van der Waals surface area (Å²) in [6.07, 6.45) is 0.287. The molecule has 0 spiro atoms. The third-order valence-electron chi connectivity index (χ3n) is 1.88. The Bertz CT molecular complexity index is 320. The summed E-state index contributed by atoms with van der Waals surface area (Å²) in [5.74, 6) is -0.220. The molecule has 1 unspecified atom stereocenters. The summed E-state index contributed by atoms with van der Waals surface area (Å²) in [5, 5.41) is 16.3. The van der Waals surface area contributed by atoms with Gasteiger partial charge in [0.15, 0.2) is 0 Å². The minimum atomic E-state index is -0.853. The second-order valence-corrected chi connectivity index (χ2v) is 3.63. The van der Waals surface area contributed by atoms with Gasteiger partial charge in [0.05, 0.1) is 5.92 Å². The molecule has 0 amide bonds. The van der Waals surface area contributed by atoms with Crippen LogP contribution in [0.3, 0.4) is 0 Å². The minimum Gasteiger partial charge on any atom is -0.481 e. The van der Waals surface area contributed by atoms with Crippen LogP contribution in [0.2, 0.25) is 0 Å². The third-order valence-corrected chi connectivity index (χ3v) is 1.88. The Morgan fingerprint density at radius 1 is 1.43 bits per heavy atom. The fourth-order valence-electron chi connectivity index (χ4n) is 0.932. The van der Waals surface area contributed by atoms with Crippen LogP contribution in [-0.4, -0.2) is 21.3 Å². The molecule has 0 fully saturated rings. The van der Waals surface area contributed by atoms with Crippen LogP contribution in [0, 0.1) is 5.92 Å². The fourth-order valence-corrected chi connectivity index (χ4v) is 0.932. The number of aromatic nitrogens is 2. The predicted octanol–water partition coefficient (Wildman–Crippen LogP) is 1.46. The first-order valence-corrected chi connectivity index (χ1v) is 4.55. The molecule has 0 aliphatic rings. The summed E-state index contributed by atoms with van der Waals surface area (Å²) in [4.78, 5) is 10.6. The Hall–Kier alpha value is -1.39. The molecule has 0 aromatic carbocycles. The summed E-state index contributed by atoms with van der Waals surface area (Å²) in [7, 11) is 0. The number of aliphatic carboxylic acids is 1. The molecule has 0 saturated heterocycles. The average Bonchev–Trinajstić information content (AvgIpc) is 2.52. The van der Waals surface area contributed by atoms with Crippen molar-refractivity contribution in [2.24, 2.45) is 5.92 Å². The number of hydrogen-bond acceptors (Lipinski definition) is 4. The summed E-state index contributed by atoms with van der Waals surface area (Å²) < 4.78 is 5.28. The molecule has 1 rings (SSSR count). The van der Waals surface area contributed by atoms with E-state index < -0.39 is 11.9 Å². The smallest absolute Gasteiger partial charge is 0.306 e. The van der Waals surface area contributed by atoms with E-state index in [9.17, 15) is 4.79 Å². The molecule has 0 radical (unpaired) electrons. The number of carbonyl (C=O) groups is 1. The van der Waals surface area contributed by atoms with E-state index in [0.29, 0.717) is 11.8 Å². The molecule has 1 heterocycles. The van der Waals surface area contributed by atoms with Crippen molar-refractivity contribution in [2.75, 3.05) is 0 Å². The maximum absolute atomic E-state index is 10.6. The molecule has 0 aliphatic heterocycles. The lowest BCUT2D eigenvalue weighted by molar-refractivity contribution is -0.141. The van der Waals surface area contributed by atoms with E-state index >= 15 is 0 Å². The highest BCUT2D eigenvalue weighted by atomic mass is 16.4. The van der Waals surface area contributed by atoms with Gasteiger partial charge in [-0.2, -0.15) is 0 Å². The highest BCUT2D eigenvalue weighted by Crippen LogP contribution is 2.14.